The summed E-state index contributed by atoms with van der Waals surface area (Å²) in [6.07, 6.45) is 2.65. The minimum absolute atomic E-state index is 0.0465. The van der Waals surface area contributed by atoms with Crippen LogP contribution in [0.3, 0.4) is 0 Å². The van der Waals surface area contributed by atoms with Gasteiger partial charge in [-0.15, -0.1) is 0 Å². The zero-order chi connectivity index (χ0) is 15.6. The van der Waals surface area contributed by atoms with Crippen LogP contribution < -0.4 is 5.32 Å². The molecule has 0 radical (unpaired) electrons. The lowest BCUT2D eigenvalue weighted by molar-refractivity contribution is -0.384. The SMILES string of the molecule is COC(=O)c1cc(NC(=O)c2cc([N+](=O)[O-])c[nH]2)cn1C. The summed E-state index contributed by atoms with van der Waals surface area (Å²) < 4.78 is 6.09. The molecular weight excluding hydrogens is 280 g/mol. The molecule has 0 aliphatic rings. The van der Waals surface area contributed by atoms with Crippen molar-refractivity contribution in [2.24, 2.45) is 7.05 Å². The van der Waals surface area contributed by atoms with E-state index in [1.165, 1.54) is 23.9 Å². The first-order valence-electron chi connectivity index (χ1n) is 5.81. The van der Waals surface area contributed by atoms with E-state index in [4.69, 9.17) is 0 Å². The molecule has 0 unspecified atom stereocenters. The normalized spacial score (nSPS) is 10.2. The Morgan fingerprint density at radius 1 is 1.43 bits per heavy atom. The van der Waals surface area contributed by atoms with Crippen molar-refractivity contribution < 1.29 is 19.2 Å². The Morgan fingerprint density at radius 2 is 2.14 bits per heavy atom. The fourth-order valence-electron chi connectivity index (χ4n) is 1.76. The van der Waals surface area contributed by atoms with E-state index >= 15 is 0 Å². The van der Waals surface area contributed by atoms with E-state index in [1.807, 2.05) is 0 Å². The van der Waals surface area contributed by atoms with Gasteiger partial charge in [-0.25, -0.2) is 4.79 Å². The van der Waals surface area contributed by atoms with Gasteiger partial charge in [0.2, 0.25) is 0 Å². The third-order valence-electron chi connectivity index (χ3n) is 2.78. The summed E-state index contributed by atoms with van der Waals surface area (Å²) in [4.78, 5) is 35.8. The van der Waals surface area contributed by atoms with Crippen LogP contribution in [-0.2, 0) is 11.8 Å². The van der Waals surface area contributed by atoms with Crippen molar-refractivity contribution in [1.29, 1.82) is 0 Å². The van der Waals surface area contributed by atoms with E-state index in [0.717, 1.165) is 12.3 Å². The molecule has 0 bridgehead atoms. The molecule has 9 heteroatoms. The van der Waals surface area contributed by atoms with Crippen molar-refractivity contribution in [3.05, 3.63) is 46.0 Å². The van der Waals surface area contributed by atoms with E-state index < -0.39 is 16.8 Å². The summed E-state index contributed by atoms with van der Waals surface area (Å²) in [7, 11) is 2.88. The number of carbonyl (C=O) groups is 2. The molecule has 2 heterocycles. The maximum atomic E-state index is 11.9. The highest BCUT2D eigenvalue weighted by Gasteiger charge is 2.17. The Balaban J connectivity index is 2.15. The molecule has 0 atom stereocenters. The number of nitrogens with zero attached hydrogens (tertiary/aromatic N) is 2. The van der Waals surface area contributed by atoms with Crippen LogP contribution in [0.4, 0.5) is 11.4 Å². The number of carbonyl (C=O) groups excluding carboxylic acids is 2. The smallest absolute Gasteiger partial charge is 0.354 e. The fourth-order valence-corrected chi connectivity index (χ4v) is 1.76. The summed E-state index contributed by atoms with van der Waals surface area (Å²) in [5, 5.41) is 13.1. The number of rotatable bonds is 4. The van der Waals surface area contributed by atoms with Gasteiger partial charge in [0.25, 0.3) is 11.6 Å². The molecule has 110 valence electrons. The van der Waals surface area contributed by atoms with E-state index in [-0.39, 0.29) is 17.1 Å². The van der Waals surface area contributed by atoms with E-state index in [2.05, 4.69) is 15.0 Å². The van der Waals surface area contributed by atoms with Crippen molar-refractivity contribution in [3.8, 4) is 0 Å². The molecule has 0 spiro atoms. The minimum Gasteiger partial charge on any atom is -0.464 e. The predicted molar refractivity (Wildman–Crippen MR) is 72.2 cm³/mol. The average Bonchev–Trinajstić information content (AvgIpc) is 3.05. The second-order valence-corrected chi connectivity index (χ2v) is 4.20. The first-order valence-corrected chi connectivity index (χ1v) is 5.81. The van der Waals surface area contributed by atoms with Gasteiger partial charge in [0.15, 0.2) is 0 Å². The number of amides is 1. The zero-order valence-electron chi connectivity index (χ0n) is 11.2. The number of aryl methyl sites for hydroxylation is 1. The van der Waals surface area contributed by atoms with Crippen LogP contribution in [0, 0.1) is 10.1 Å². The van der Waals surface area contributed by atoms with Gasteiger partial charge in [0.1, 0.15) is 11.4 Å². The summed E-state index contributed by atoms with van der Waals surface area (Å²) >= 11 is 0. The van der Waals surface area contributed by atoms with Crippen LogP contribution in [0.5, 0.6) is 0 Å². The molecule has 0 fully saturated rings. The zero-order valence-corrected chi connectivity index (χ0v) is 11.2. The first-order chi connectivity index (χ1) is 9.92. The highest BCUT2D eigenvalue weighted by atomic mass is 16.6. The lowest BCUT2D eigenvalue weighted by Gasteiger charge is -1.98. The molecule has 21 heavy (non-hydrogen) atoms. The van der Waals surface area contributed by atoms with Crippen molar-refractivity contribution in [3.63, 3.8) is 0 Å². The minimum atomic E-state index is -0.606. The number of H-pyrrole nitrogens is 1. The van der Waals surface area contributed by atoms with E-state index in [9.17, 15) is 19.7 Å². The molecule has 0 saturated heterocycles. The van der Waals surface area contributed by atoms with Crippen LogP contribution >= 0.6 is 0 Å². The van der Waals surface area contributed by atoms with Crippen molar-refractivity contribution in [2.45, 2.75) is 0 Å². The third kappa shape index (κ3) is 2.91. The van der Waals surface area contributed by atoms with Crippen molar-refractivity contribution in [1.82, 2.24) is 9.55 Å². The number of aromatic nitrogens is 2. The molecule has 0 aliphatic heterocycles. The Labute approximate surface area is 118 Å². The number of aromatic amines is 1. The second kappa shape index (κ2) is 5.49. The van der Waals surface area contributed by atoms with E-state index in [0.29, 0.717) is 5.69 Å². The molecule has 2 aromatic rings. The quantitative estimate of drug-likeness (QED) is 0.500. The average molecular weight is 292 g/mol. The number of esters is 1. The molecule has 0 saturated carbocycles. The number of methoxy groups -OCH3 is 1. The van der Waals surface area contributed by atoms with Crippen molar-refractivity contribution in [2.75, 3.05) is 12.4 Å². The first kappa shape index (κ1) is 14.3. The van der Waals surface area contributed by atoms with Gasteiger partial charge in [-0.2, -0.15) is 0 Å². The summed E-state index contributed by atoms with van der Waals surface area (Å²) in [5.41, 5.74) is 0.485. The van der Waals surface area contributed by atoms with Gasteiger partial charge in [-0.05, 0) is 6.07 Å². The van der Waals surface area contributed by atoms with Gasteiger partial charge < -0.3 is 19.6 Å². The topological polar surface area (TPSA) is 119 Å². The molecule has 2 N–H and O–H groups in total. The Morgan fingerprint density at radius 3 is 2.71 bits per heavy atom. The number of hydrogen-bond acceptors (Lipinski definition) is 5. The highest BCUT2D eigenvalue weighted by Crippen LogP contribution is 2.17. The summed E-state index contributed by atoms with van der Waals surface area (Å²) in [5.74, 6) is -1.08. The van der Waals surface area contributed by atoms with Gasteiger partial charge in [0.05, 0.1) is 23.9 Å². The standard InChI is InChI=1S/C12H12N4O5/c1-15-6-7(3-10(15)12(18)21-2)14-11(17)9-4-8(5-13-9)16(19)20/h3-6,13H,1-2H3,(H,14,17). The Bertz CT molecular complexity index is 715. The monoisotopic (exact) mass is 292 g/mol. The van der Waals surface area contributed by atoms with Crippen LogP contribution in [0.25, 0.3) is 0 Å². The molecular formula is C12H12N4O5. The molecule has 1 amide bonds. The second-order valence-electron chi connectivity index (χ2n) is 4.20. The Hall–Kier alpha value is -3.10. The highest BCUT2D eigenvalue weighted by molar-refractivity contribution is 6.04. The largest absolute Gasteiger partial charge is 0.464 e. The molecule has 2 aromatic heterocycles. The number of ether oxygens (including phenoxy) is 1. The maximum Gasteiger partial charge on any atom is 0.354 e. The van der Waals surface area contributed by atoms with Crippen LogP contribution in [0.1, 0.15) is 21.0 Å². The molecule has 0 aromatic carbocycles. The van der Waals surface area contributed by atoms with Crippen LogP contribution in [0.2, 0.25) is 0 Å². The number of anilines is 1. The number of nitrogens with one attached hydrogen (secondary N) is 2. The van der Waals surface area contributed by atoms with Crippen LogP contribution in [0.15, 0.2) is 24.5 Å². The fraction of sp³-hybridized carbons (Fsp3) is 0.167. The molecule has 9 nitrogen and oxygen atoms in total. The van der Waals surface area contributed by atoms with Gasteiger partial charge in [-0.3, -0.25) is 14.9 Å². The molecule has 2 rings (SSSR count). The lowest BCUT2D eigenvalue weighted by Crippen LogP contribution is -2.11. The third-order valence-corrected chi connectivity index (χ3v) is 2.78. The predicted octanol–water partition coefficient (Wildman–Crippen LogP) is 1.30. The van der Waals surface area contributed by atoms with Crippen LogP contribution in [-0.4, -0.2) is 33.5 Å². The van der Waals surface area contributed by atoms with Crippen molar-refractivity contribution >= 4 is 23.3 Å². The number of hydrogen-bond donors (Lipinski definition) is 2. The van der Waals surface area contributed by atoms with Gasteiger partial charge in [-0.1, -0.05) is 0 Å². The summed E-state index contributed by atoms with van der Waals surface area (Å²) in [6.45, 7) is 0. The summed E-state index contributed by atoms with van der Waals surface area (Å²) in [6, 6.07) is 2.57. The van der Waals surface area contributed by atoms with Gasteiger partial charge in [0, 0.05) is 19.3 Å². The Kier molecular flexibility index (Phi) is 3.74. The molecule has 0 aliphatic carbocycles. The maximum absolute atomic E-state index is 11.9. The number of nitro groups is 1. The lowest BCUT2D eigenvalue weighted by atomic mass is 10.3. The van der Waals surface area contributed by atoms with E-state index in [1.54, 1.807) is 7.05 Å². The van der Waals surface area contributed by atoms with Gasteiger partial charge >= 0.3 is 5.97 Å².